The normalized spacial score (nSPS) is 14.6. The first-order valence-corrected chi connectivity index (χ1v) is 11.6. The molecule has 1 aliphatic heterocycles. The number of hydrogen-bond donors (Lipinski definition) is 0. The van der Waals surface area contributed by atoms with Crippen LogP contribution >= 0.6 is 11.6 Å². The summed E-state index contributed by atoms with van der Waals surface area (Å²) in [6.45, 7) is 4.20. The summed E-state index contributed by atoms with van der Waals surface area (Å²) in [5.41, 5.74) is 0.161. The van der Waals surface area contributed by atoms with E-state index in [0.717, 1.165) is 12.1 Å². The molecule has 31 heavy (non-hydrogen) atoms. The lowest BCUT2D eigenvalue weighted by atomic mass is 9.98. The summed E-state index contributed by atoms with van der Waals surface area (Å²) in [7, 11) is -3.90. The highest BCUT2D eigenvalue weighted by atomic mass is 35.5. The molecule has 1 aliphatic rings. The average molecular weight is 475 g/mol. The zero-order valence-corrected chi connectivity index (χ0v) is 18.6. The molecule has 3 rings (SSSR count). The van der Waals surface area contributed by atoms with Gasteiger partial charge >= 0.3 is 6.18 Å². The van der Waals surface area contributed by atoms with Crippen molar-refractivity contribution in [3.63, 3.8) is 0 Å². The zero-order valence-electron chi connectivity index (χ0n) is 17.0. The van der Waals surface area contributed by atoms with Gasteiger partial charge in [-0.3, -0.25) is 4.79 Å². The van der Waals surface area contributed by atoms with Crippen LogP contribution in [0.2, 0.25) is 5.02 Å². The fourth-order valence-corrected chi connectivity index (χ4v) is 5.64. The van der Waals surface area contributed by atoms with Crippen molar-refractivity contribution in [2.24, 2.45) is 0 Å². The number of nitrogens with zero attached hydrogens (tertiary/aromatic N) is 2. The summed E-state index contributed by atoms with van der Waals surface area (Å²) >= 11 is 6.13. The predicted molar refractivity (Wildman–Crippen MR) is 113 cm³/mol. The summed E-state index contributed by atoms with van der Waals surface area (Å²) in [5, 5.41) is -0.00249. The molecule has 1 amide bonds. The minimum atomic E-state index is -4.47. The number of amides is 1. The van der Waals surface area contributed by atoms with Crippen molar-refractivity contribution in [3.05, 3.63) is 58.1 Å². The summed E-state index contributed by atoms with van der Waals surface area (Å²) in [6.07, 6.45) is -3.55. The highest BCUT2D eigenvalue weighted by molar-refractivity contribution is 7.89. The number of sulfonamides is 1. The van der Waals surface area contributed by atoms with Gasteiger partial charge in [-0.25, -0.2) is 8.42 Å². The largest absolute Gasteiger partial charge is 0.416 e. The van der Waals surface area contributed by atoms with Crippen LogP contribution in [-0.4, -0.2) is 38.3 Å². The van der Waals surface area contributed by atoms with Crippen LogP contribution in [0.1, 0.15) is 41.8 Å². The Morgan fingerprint density at radius 3 is 2.42 bits per heavy atom. The van der Waals surface area contributed by atoms with Gasteiger partial charge in [0.15, 0.2) is 0 Å². The number of anilines is 1. The van der Waals surface area contributed by atoms with Gasteiger partial charge in [0.05, 0.1) is 10.6 Å². The first-order chi connectivity index (χ1) is 14.5. The van der Waals surface area contributed by atoms with E-state index in [1.165, 1.54) is 33.5 Å². The first kappa shape index (κ1) is 23.6. The lowest BCUT2D eigenvalue weighted by Crippen LogP contribution is -2.36. The van der Waals surface area contributed by atoms with Crippen molar-refractivity contribution < 1.29 is 26.4 Å². The Hall–Kier alpha value is -2.10. The minimum Gasteiger partial charge on any atom is -0.308 e. The van der Waals surface area contributed by atoms with Crippen molar-refractivity contribution in [1.29, 1.82) is 0 Å². The summed E-state index contributed by atoms with van der Waals surface area (Å²) < 4.78 is 66.2. The number of rotatable bonds is 5. The van der Waals surface area contributed by atoms with E-state index in [4.69, 9.17) is 11.6 Å². The number of fused-ring (bicyclic) bond motifs is 1. The number of benzene rings is 2. The molecule has 0 saturated carbocycles. The van der Waals surface area contributed by atoms with Crippen LogP contribution in [-0.2, 0) is 22.6 Å². The molecule has 0 aliphatic carbocycles. The molecule has 0 radical (unpaired) electrons. The van der Waals surface area contributed by atoms with Crippen LogP contribution in [0.4, 0.5) is 18.9 Å². The molecular weight excluding hydrogens is 453 g/mol. The Labute approximate surface area is 184 Å². The highest BCUT2D eigenvalue weighted by Gasteiger charge is 2.33. The smallest absolute Gasteiger partial charge is 0.308 e. The SMILES string of the molecule is CCN(CC)S(=O)(=O)c1cc(C(=O)N2CCCc3cc(C(F)(F)F)ccc32)ccc1Cl. The maximum atomic E-state index is 13.2. The number of carbonyl (C=O) groups excluding carboxylic acids is 1. The molecule has 10 heteroatoms. The molecule has 0 N–H and O–H groups in total. The molecule has 0 aromatic heterocycles. The van der Waals surface area contributed by atoms with E-state index < -0.39 is 27.7 Å². The third-order valence-corrected chi connectivity index (χ3v) is 7.80. The van der Waals surface area contributed by atoms with E-state index in [9.17, 15) is 26.4 Å². The molecule has 0 atom stereocenters. The monoisotopic (exact) mass is 474 g/mol. The van der Waals surface area contributed by atoms with E-state index >= 15 is 0 Å². The van der Waals surface area contributed by atoms with E-state index in [0.29, 0.717) is 30.6 Å². The molecule has 5 nitrogen and oxygen atoms in total. The van der Waals surface area contributed by atoms with Gasteiger partial charge in [0.2, 0.25) is 10.0 Å². The molecule has 0 fully saturated rings. The molecular formula is C21H22ClF3N2O3S. The number of aryl methyl sites for hydroxylation is 1. The van der Waals surface area contributed by atoms with Crippen LogP contribution in [0, 0.1) is 0 Å². The van der Waals surface area contributed by atoms with E-state index in [1.807, 2.05) is 0 Å². The second-order valence-corrected chi connectivity index (χ2v) is 9.45. The van der Waals surface area contributed by atoms with E-state index in [1.54, 1.807) is 13.8 Å². The van der Waals surface area contributed by atoms with Gasteiger partial charge in [-0.05, 0) is 54.8 Å². The third-order valence-electron chi connectivity index (χ3n) is 5.27. The van der Waals surface area contributed by atoms with Crippen LogP contribution in [0.5, 0.6) is 0 Å². The Kier molecular flexibility index (Phi) is 6.69. The second kappa shape index (κ2) is 8.80. The number of halogens is 4. The molecule has 0 unspecified atom stereocenters. The van der Waals surface area contributed by atoms with E-state index in [2.05, 4.69) is 0 Å². The Morgan fingerprint density at radius 2 is 1.81 bits per heavy atom. The molecule has 0 saturated heterocycles. The molecule has 2 aromatic rings. The zero-order chi connectivity index (χ0) is 23.0. The molecule has 0 spiro atoms. The molecule has 2 aromatic carbocycles. The van der Waals surface area contributed by atoms with Gasteiger partial charge in [-0.1, -0.05) is 25.4 Å². The first-order valence-electron chi connectivity index (χ1n) is 9.82. The van der Waals surface area contributed by atoms with Crippen LogP contribution < -0.4 is 4.90 Å². The second-order valence-electron chi connectivity index (χ2n) is 7.14. The number of alkyl halides is 3. The maximum absolute atomic E-state index is 13.2. The predicted octanol–water partition coefficient (Wildman–Crippen LogP) is 4.98. The number of carbonyl (C=O) groups is 1. The van der Waals surface area contributed by atoms with Crippen molar-refractivity contribution in [2.45, 2.75) is 37.8 Å². The summed E-state index contributed by atoms with van der Waals surface area (Å²) in [6, 6.07) is 7.30. The molecule has 168 valence electrons. The number of hydrogen-bond acceptors (Lipinski definition) is 3. The standard InChI is InChI=1S/C21H22ClF3N2O3S/c1-3-26(4-2)31(29,30)19-13-15(7-9-17(19)22)20(28)27-11-5-6-14-12-16(21(23,24)25)8-10-18(14)27/h7-10,12-13H,3-6,11H2,1-2H3. The van der Waals surface area contributed by atoms with Gasteiger partial charge < -0.3 is 4.90 Å². The molecule has 1 heterocycles. The van der Waals surface area contributed by atoms with E-state index in [-0.39, 0.29) is 28.6 Å². The minimum absolute atomic E-state index is 0.00249. The fraction of sp³-hybridized carbons (Fsp3) is 0.381. The fourth-order valence-electron chi connectivity index (χ4n) is 3.68. The highest BCUT2D eigenvalue weighted by Crippen LogP contribution is 2.36. The maximum Gasteiger partial charge on any atom is 0.416 e. The lowest BCUT2D eigenvalue weighted by molar-refractivity contribution is -0.137. The quantitative estimate of drug-likeness (QED) is 0.614. The van der Waals surface area contributed by atoms with Crippen LogP contribution in [0.3, 0.4) is 0 Å². The van der Waals surface area contributed by atoms with Crippen LogP contribution in [0.25, 0.3) is 0 Å². The van der Waals surface area contributed by atoms with Gasteiger partial charge in [-0.15, -0.1) is 0 Å². The summed E-state index contributed by atoms with van der Waals surface area (Å²) in [5.74, 6) is -0.492. The van der Waals surface area contributed by atoms with Gasteiger partial charge in [-0.2, -0.15) is 17.5 Å². The van der Waals surface area contributed by atoms with Gasteiger partial charge in [0, 0.05) is 30.9 Å². The van der Waals surface area contributed by atoms with Gasteiger partial charge in [0.1, 0.15) is 4.90 Å². The summed E-state index contributed by atoms with van der Waals surface area (Å²) in [4.78, 5) is 14.4. The average Bonchev–Trinajstić information content (AvgIpc) is 2.72. The topological polar surface area (TPSA) is 57.7 Å². The van der Waals surface area contributed by atoms with Crippen molar-refractivity contribution in [1.82, 2.24) is 4.31 Å². The van der Waals surface area contributed by atoms with Crippen molar-refractivity contribution >= 4 is 33.2 Å². The van der Waals surface area contributed by atoms with Gasteiger partial charge in [0.25, 0.3) is 5.91 Å². The van der Waals surface area contributed by atoms with Crippen molar-refractivity contribution in [3.8, 4) is 0 Å². The Morgan fingerprint density at radius 1 is 1.13 bits per heavy atom. The van der Waals surface area contributed by atoms with Crippen molar-refractivity contribution in [2.75, 3.05) is 24.5 Å². The molecule has 0 bridgehead atoms. The lowest BCUT2D eigenvalue weighted by Gasteiger charge is -2.30. The third kappa shape index (κ3) is 4.58. The Bertz CT molecular complexity index is 1100. The van der Waals surface area contributed by atoms with Crippen LogP contribution in [0.15, 0.2) is 41.3 Å². The Balaban J connectivity index is 2.00.